The molecule has 1 heterocycles. The second-order valence-electron chi connectivity index (χ2n) is 5.39. The maximum absolute atomic E-state index is 11.9. The van der Waals surface area contributed by atoms with E-state index >= 15 is 0 Å². The van der Waals surface area contributed by atoms with E-state index in [0.717, 1.165) is 32.5 Å². The van der Waals surface area contributed by atoms with Gasteiger partial charge in [-0.2, -0.15) is 0 Å². The summed E-state index contributed by atoms with van der Waals surface area (Å²) in [4.78, 5) is 26.5. The molecule has 6 heteroatoms. The highest BCUT2D eigenvalue weighted by molar-refractivity contribution is 5.80. The lowest BCUT2D eigenvalue weighted by molar-refractivity contribution is -0.137. The first-order valence-corrected chi connectivity index (χ1v) is 7.15. The van der Waals surface area contributed by atoms with Crippen LogP contribution >= 0.6 is 0 Å². The quantitative estimate of drug-likeness (QED) is 0.745. The van der Waals surface area contributed by atoms with Gasteiger partial charge in [-0.05, 0) is 38.8 Å². The second-order valence-corrected chi connectivity index (χ2v) is 5.39. The predicted molar refractivity (Wildman–Crippen MR) is 71.1 cm³/mol. The number of likely N-dealkylation sites (tertiary alicyclic amines) is 1. The largest absolute Gasteiger partial charge is 0.480 e. The number of carboxylic acids is 1. The summed E-state index contributed by atoms with van der Waals surface area (Å²) in [5, 5.41) is 11.6. The molecule has 2 rings (SSSR count). The maximum Gasteiger partial charge on any atom is 0.323 e. The average Bonchev–Trinajstić information content (AvgIpc) is 3.21. The minimum absolute atomic E-state index is 0.131. The Bertz CT molecular complexity index is 325. The van der Waals surface area contributed by atoms with Crippen LogP contribution in [0.1, 0.15) is 32.1 Å². The highest BCUT2D eigenvalue weighted by Crippen LogP contribution is 2.26. The van der Waals surface area contributed by atoms with Crippen molar-refractivity contribution in [1.29, 1.82) is 0 Å². The lowest BCUT2D eigenvalue weighted by Gasteiger charge is -2.27. The molecule has 0 aromatic rings. The van der Waals surface area contributed by atoms with Crippen LogP contribution in [0.4, 0.5) is 4.79 Å². The Balaban J connectivity index is 1.68. The molecule has 0 aromatic carbocycles. The third-order valence-electron chi connectivity index (χ3n) is 3.71. The van der Waals surface area contributed by atoms with E-state index in [1.165, 1.54) is 24.2 Å². The molecule has 2 aliphatic rings. The molecule has 0 unspecified atom stereocenters. The second kappa shape index (κ2) is 6.75. The SMILES string of the molecule is O=C(O)CN(C(=O)NCCN1CCCCC1)C1CC1. The Kier molecular flexibility index (Phi) is 5.01. The molecule has 1 saturated carbocycles. The molecule has 19 heavy (non-hydrogen) atoms. The Labute approximate surface area is 113 Å². The van der Waals surface area contributed by atoms with Crippen molar-refractivity contribution in [2.24, 2.45) is 0 Å². The molecule has 1 saturated heterocycles. The number of carbonyl (C=O) groups excluding carboxylic acids is 1. The minimum atomic E-state index is -0.946. The summed E-state index contributed by atoms with van der Waals surface area (Å²) >= 11 is 0. The first kappa shape index (κ1) is 14.1. The van der Waals surface area contributed by atoms with Crippen molar-refractivity contribution < 1.29 is 14.7 Å². The predicted octanol–water partition coefficient (Wildman–Crippen LogP) is 0.731. The lowest BCUT2D eigenvalue weighted by atomic mass is 10.1. The van der Waals surface area contributed by atoms with Crippen LogP contribution in [0.25, 0.3) is 0 Å². The molecule has 2 fully saturated rings. The van der Waals surface area contributed by atoms with Crippen molar-refractivity contribution in [2.75, 3.05) is 32.7 Å². The Morgan fingerprint density at radius 3 is 2.47 bits per heavy atom. The zero-order valence-corrected chi connectivity index (χ0v) is 11.3. The molecule has 0 spiro atoms. The van der Waals surface area contributed by atoms with Crippen LogP contribution in [0.5, 0.6) is 0 Å². The van der Waals surface area contributed by atoms with Gasteiger partial charge in [-0.1, -0.05) is 6.42 Å². The fourth-order valence-corrected chi connectivity index (χ4v) is 2.50. The number of hydrogen-bond acceptors (Lipinski definition) is 3. The monoisotopic (exact) mass is 269 g/mol. The number of hydrogen-bond donors (Lipinski definition) is 2. The summed E-state index contributed by atoms with van der Waals surface area (Å²) in [5.74, 6) is -0.946. The van der Waals surface area contributed by atoms with Crippen LogP contribution in [0.2, 0.25) is 0 Å². The molecule has 1 aliphatic heterocycles. The number of urea groups is 1. The van der Waals surface area contributed by atoms with Crippen LogP contribution in [0.15, 0.2) is 0 Å². The van der Waals surface area contributed by atoms with E-state index < -0.39 is 5.97 Å². The van der Waals surface area contributed by atoms with Crippen LogP contribution in [-0.4, -0.2) is 65.7 Å². The van der Waals surface area contributed by atoms with Crippen molar-refractivity contribution in [1.82, 2.24) is 15.1 Å². The summed E-state index contributed by atoms with van der Waals surface area (Å²) in [6.45, 7) is 3.48. The summed E-state index contributed by atoms with van der Waals surface area (Å²) in [6, 6.07) is -0.104. The molecule has 2 N–H and O–H groups in total. The normalized spacial score (nSPS) is 20.0. The van der Waals surface area contributed by atoms with Gasteiger partial charge in [0.25, 0.3) is 0 Å². The fraction of sp³-hybridized carbons (Fsp3) is 0.846. The summed E-state index contributed by atoms with van der Waals surface area (Å²) in [5.41, 5.74) is 0. The first-order chi connectivity index (χ1) is 9.16. The number of carboxylic acid groups (broad SMARTS) is 1. The molecule has 1 aliphatic carbocycles. The molecule has 108 valence electrons. The molecule has 6 nitrogen and oxygen atoms in total. The highest BCUT2D eigenvalue weighted by atomic mass is 16.4. The summed E-state index contributed by atoms with van der Waals surface area (Å²) in [6.07, 6.45) is 5.62. The van der Waals surface area contributed by atoms with Crippen molar-refractivity contribution >= 4 is 12.0 Å². The van der Waals surface area contributed by atoms with Crippen molar-refractivity contribution in [2.45, 2.75) is 38.1 Å². The number of aliphatic carboxylic acids is 1. The molecule has 0 aromatic heterocycles. The van der Waals surface area contributed by atoms with Gasteiger partial charge >= 0.3 is 12.0 Å². The summed E-state index contributed by atoms with van der Waals surface area (Å²) < 4.78 is 0. The number of nitrogens with zero attached hydrogens (tertiary/aromatic N) is 2. The van der Waals surface area contributed by atoms with Gasteiger partial charge in [0.2, 0.25) is 0 Å². The van der Waals surface area contributed by atoms with E-state index in [9.17, 15) is 9.59 Å². The van der Waals surface area contributed by atoms with Gasteiger partial charge in [0.1, 0.15) is 6.54 Å². The van der Waals surface area contributed by atoms with Crippen molar-refractivity contribution in [3.63, 3.8) is 0 Å². The standard InChI is InChI=1S/C13H23N3O3/c17-12(18)10-16(11-4-5-11)13(19)14-6-9-15-7-2-1-3-8-15/h11H,1-10H2,(H,14,19)(H,17,18). The molecular weight excluding hydrogens is 246 g/mol. The average molecular weight is 269 g/mol. The molecule has 0 radical (unpaired) electrons. The Hall–Kier alpha value is -1.30. The molecule has 2 amide bonds. The minimum Gasteiger partial charge on any atom is -0.480 e. The van der Waals surface area contributed by atoms with Gasteiger partial charge in [-0.15, -0.1) is 0 Å². The van der Waals surface area contributed by atoms with Gasteiger partial charge < -0.3 is 20.2 Å². The third kappa shape index (κ3) is 4.70. The van der Waals surface area contributed by atoms with Crippen molar-refractivity contribution in [3.05, 3.63) is 0 Å². The molecular formula is C13H23N3O3. The van der Waals surface area contributed by atoms with Gasteiger partial charge in [0.15, 0.2) is 0 Å². The first-order valence-electron chi connectivity index (χ1n) is 7.15. The third-order valence-corrected chi connectivity index (χ3v) is 3.71. The highest BCUT2D eigenvalue weighted by Gasteiger charge is 2.33. The van der Waals surface area contributed by atoms with E-state index in [1.807, 2.05) is 0 Å². The van der Waals surface area contributed by atoms with Gasteiger partial charge in [0, 0.05) is 19.1 Å². The van der Waals surface area contributed by atoms with Gasteiger partial charge in [-0.25, -0.2) is 4.79 Å². The smallest absolute Gasteiger partial charge is 0.323 e. The summed E-state index contributed by atoms with van der Waals surface area (Å²) in [7, 11) is 0. The van der Waals surface area contributed by atoms with E-state index in [2.05, 4.69) is 10.2 Å². The number of piperidine rings is 1. The number of nitrogens with one attached hydrogen (secondary N) is 1. The van der Waals surface area contributed by atoms with Crippen LogP contribution < -0.4 is 5.32 Å². The van der Waals surface area contributed by atoms with E-state index in [1.54, 1.807) is 0 Å². The number of rotatable bonds is 6. The molecule has 0 bridgehead atoms. The topological polar surface area (TPSA) is 72.9 Å². The zero-order valence-electron chi connectivity index (χ0n) is 11.3. The van der Waals surface area contributed by atoms with E-state index in [-0.39, 0.29) is 18.6 Å². The van der Waals surface area contributed by atoms with E-state index in [0.29, 0.717) is 6.54 Å². The van der Waals surface area contributed by atoms with Gasteiger partial charge in [-0.3, -0.25) is 4.79 Å². The van der Waals surface area contributed by atoms with Crippen LogP contribution in [0, 0.1) is 0 Å². The molecule has 0 atom stereocenters. The fourth-order valence-electron chi connectivity index (χ4n) is 2.50. The van der Waals surface area contributed by atoms with E-state index in [4.69, 9.17) is 5.11 Å². The maximum atomic E-state index is 11.9. The van der Waals surface area contributed by atoms with Crippen molar-refractivity contribution in [3.8, 4) is 0 Å². The zero-order chi connectivity index (χ0) is 13.7. The van der Waals surface area contributed by atoms with Crippen LogP contribution in [-0.2, 0) is 4.79 Å². The van der Waals surface area contributed by atoms with Crippen LogP contribution in [0.3, 0.4) is 0 Å². The number of amides is 2. The Morgan fingerprint density at radius 2 is 1.89 bits per heavy atom. The van der Waals surface area contributed by atoms with Gasteiger partial charge in [0.05, 0.1) is 0 Å². The Morgan fingerprint density at radius 1 is 1.21 bits per heavy atom. The lowest BCUT2D eigenvalue weighted by Crippen LogP contribution is -2.46. The number of carbonyl (C=O) groups is 2.